The Hall–Kier alpha value is -1.65. The Labute approximate surface area is 74.3 Å². The largest absolute Gasteiger partial charge is 0.483 e. The van der Waals surface area contributed by atoms with Gasteiger partial charge in [0, 0.05) is 0 Å². The Bertz CT molecular complexity index is 344. The predicted molar refractivity (Wildman–Crippen MR) is 44.2 cm³/mol. The second kappa shape index (κ2) is 2.69. The van der Waals surface area contributed by atoms with Crippen LogP contribution in [0.5, 0.6) is 5.75 Å². The minimum absolute atomic E-state index is 0.0340. The molecule has 1 unspecified atom stereocenters. The molecule has 0 saturated heterocycles. The summed E-state index contributed by atoms with van der Waals surface area (Å²) in [6.45, 7) is 2.48. The molecule has 2 N–H and O–H groups in total. The van der Waals surface area contributed by atoms with E-state index in [9.17, 15) is 4.79 Å². The number of fused-ring (bicyclic) bond motifs is 1. The fourth-order valence-corrected chi connectivity index (χ4v) is 1.26. The van der Waals surface area contributed by atoms with Gasteiger partial charge < -0.3 is 19.6 Å². The first kappa shape index (κ1) is 7.97. The summed E-state index contributed by atoms with van der Waals surface area (Å²) in [5, 5.41) is 11.6. The summed E-state index contributed by atoms with van der Waals surface area (Å²) in [4.78, 5) is 10.6. The van der Waals surface area contributed by atoms with Crippen molar-refractivity contribution in [2.24, 2.45) is 0 Å². The maximum Gasteiger partial charge on any atom is 0.374 e. The highest BCUT2D eigenvalue weighted by Gasteiger charge is 2.25. The number of ether oxygens (including phenoxy) is 1. The molecule has 0 saturated carbocycles. The molecule has 70 valence electrons. The lowest BCUT2D eigenvalue weighted by Crippen LogP contribution is -2.27. The summed E-state index contributed by atoms with van der Waals surface area (Å²) >= 11 is 0. The van der Waals surface area contributed by atoms with E-state index in [2.05, 4.69) is 5.32 Å². The molecule has 0 spiro atoms. The van der Waals surface area contributed by atoms with Crippen LogP contribution in [-0.4, -0.2) is 23.7 Å². The number of carboxylic acid groups (broad SMARTS) is 1. The van der Waals surface area contributed by atoms with Crippen LogP contribution in [0, 0.1) is 0 Å². The van der Waals surface area contributed by atoms with Crippen molar-refractivity contribution in [2.75, 3.05) is 11.9 Å². The van der Waals surface area contributed by atoms with Crippen LogP contribution in [0.2, 0.25) is 0 Å². The lowest BCUT2D eigenvalue weighted by atomic mass is 10.3. The highest BCUT2D eigenvalue weighted by atomic mass is 16.5. The van der Waals surface area contributed by atoms with E-state index >= 15 is 0 Å². The number of nitrogens with one attached hydrogen (secondary N) is 1. The van der Waals surface area contributed by atoms with E-state index in [4.69, 9.17) is 14.3 Å². The number of anilines is 1. The molecule has 2 rings (SSSR count). The smallest absolute Gasteiger partial charge is 0.374 e. The van der Waals surface area contributed by atoms with Crippen LogP contribution in [0.15, 0.2) is 10.7 Å². The van der Waals surface area contributed by atoms with Crippen LogP contribution < -0.4 is 10.1 Å². The van der Waals surface area contributed by atoms with Crippen LogP contribution >= 0.6 is 0 Å². The number of carboxylic acids is 1. The molecule has 2 heterocycles. The summed E-state index contributed by atoms with van der Waals surface area (Å²) in [6, 6.07) is 0. The van der Waals surface area contributed by atoms with Gasteiger partial charge in [-0.15, -0.1) is 0 Å². The summed E-state index contributed by atoms with van der Waals surface area (Å²) in [6.07, 6.45) is 1.34. The molecule has 0 amide bonds. The quantitative estimate of drug-likeness (QED) is 0.683. The molecule has 0 radical (unpaired) electrons. The minimum Gasteiger partial charge on any atom is -0.483 e. The maximum atomic E-state index is 10.6. The lowest BCUT2D eigenvalue weighted by Gasteiger charge is -2.21. The highest BCUT2D eigenvalue weighted by molar-refractivity contribution is 5.93. The minimum atomic E-state index is -1.09. The van der Waals surface area contributed by atoms with Crippen LogP contribution in [0.25, 0.3) is 0 Å². The topological polar surface area (TPSA) is 71.7 Å². The van der Waals surface area contributed by atoms with Crippen molar-refractivity contribution < 1.29 is 19.1 Å². The predicted octanol–water partition coefficient (Wildman–Crippen LogP) is 1.17. The number of hydrogen-bond acceptors (Lipinski definition) is 4. The van der Waals surface area contributed by atoms with Gasteiger partial charge in [0.15, 0.2) is 5.75 Å². The standard InChI is InChI=1S/C8H9NO4/c1-4-2-9-6-5(13-4)3-12-7(6)8(10)11/h3-4,9H,2H2,1H3,(H,10,11). The molecule has 1 aliphatic rings. The van der Waals surface area contributed by atoms with Crippen molar-refractivity contribution in [3.8, 4) is 5.75 Å². The molecule has 0 aromatic carbocycles. The monoisotopic (exact) mass is 183 g/mol. The molecule has 0 bridgehead atoms. The van der Waals surface area contributed by atoms with E-state index < -0.39 is 5.97 Å². The first-order valence-electron chi connectivity index (χ1n) is 3.94. The SMILES string of the molecule is CC1CNc2c(coc2C(=O)O)O1. The molecular weight excluding hydrogens is 174 g/mol. The average Bonchev–Trinajstić information content (AvgIpc) is 2.46. The van der Waals surface area contributed by atoms with Crippen molar-refractivity contribution in [2.45, 2.75) is 13.0 Å². The molecule has 5 heteroatoms. The van der Waals surface area contributed by atoms with Crippen molar-refractivity contribution in [1.29, 1.82) is 0 Å². The molecule has 0 fully saturated rings. The van der Waals surface area contributed by atoms with E-state index in [-0.39, 0.29) is 11.9 Å². The van der Waals surface area contributed by atoms with Gasteiger partial charge in [0.2, 0.25) is 5.76 Å². The average molecular weight is 183 g/mol. The van der Waals surface area contributed by atoms with Gasteiger partial charge in [-0.05, 0) is 6.92 Å². The first-order chi connectivity index (χ1) is 6.18. The molecule has 1 atom stereocenters. The Balaban J connectivity index is 2.39. The number of rotatable bonds is 1. The van der Waals surface area contributed by atoms with Crippen molar-refractivity contribution in [1.82, 2.24) is 0 Å². The second-order valence-corrected chi connectivity index (χ2v) is 2.92. The van der Waals surface area contributed by atoms with Gasteiger partial charge in [-0.2, -0.15) is 0 Å². The summed E-state index contributed by atoms with van der Waals surface area (Å²) in [7, 11) is 0. The summed E-state index contributed by atoms with van der Waals surface area (Å²) in [5.74, 6) is -0.718. The number of hydrogen-bond donors (Lipinski definition) is 2. The third-order valence-electron chi connectivity index (χ3n) is 1.85. The Morgan fingerprint density at radius 2 is 2.54 bits per heavy atom. The van der Waals surface area contributed by atoms with Gasteiger partial charge in [0.05, 0.1) is 6.54 Å². The van der Waals surface area contributed by atoms with Gasteiger partial charge >= 0.3 is 5.97 Å². The van der Waals surface area contributed by atoms with Crippen LogP contribution in [0.3, 0.4) is 0 Å². The molecule has 1 aromatic rings. The fourth-order valence-electron chi connectivity index (χ4n) is 1.26. The van der Waals surface area contributed by atoms with E-state index in [1.165, 1.54) is 6.26 Å². The lowest BCUT2D eigenvalue weighted by molar-refractivity contribution is 0.0664. The van der Waals surface area contributed by atoms with E-state index in [0.717, 1.165) is 0 Å². The number of carbonyl (C=O) groups is 1. The van der Waals surface area contributed by atoms with Gasteiger partial charge in [-0.25, -0.2) is 4.79 Å². The van der Waals surface area contributed by atoms with Crippen LogP contribution in [0.4, 0.5) is 5.69 Å². The Morgan fingerprint density at radius 3 is 3.23 bits per heavy atom. The van der Waals surface area contributed by atoms with Crippen molar-refractivity contribution >= 4 is 11.7 Å². The van der Waals surface area contributed by atoms with Gasteiger partial charge in [0.1, 0.15) is 18.1 Å². The van der Waals surface area contributed by atoms with Gasteiger partial charge in [-0.3, -0.25) is 0 Å². The summed E-state index contributed by atoms with van der Waals surface area (Å²) in [5.41, 5.74) is 0.436. The zero-order valence-electron chi connectivity index (χ0n) is 7.03. The van der Waals surface area contributed by atoms with E-state index in [1.54, 1.807) is 0 Å². The molecule has 0 aliphatic carbocycles. The molecule has 1 aromatic heterocycles. The zero-order chi connectivity index (χ0) is 9.42. The first-order valence-corrected chi connectivity index (χ1v) is 3.94. The van der Waals surface area contributed by atoms with Gasteiger partial charge in [0.25, 0.3) is 0 Å². The Kier molecular flexibility index (Phi) is 1.65. The third-order valence-corrected chi connectivity index (χ3v) is 1.85. The second-order valence-electron chi connectivity index (χ2n) is 2.92. The van der Waals surface area contributed by atoms with E-state index in [0.29, 0.717) is 18.0 Å². The maximum absolute atomic E-state index is 10.6. The van der Waals surface area contributed by atoms with E-state index in [1.807, 2.05) is 6.92 Å². The molecule has 13 heavy (non-hydrogen) atoms. The van der Waals surface area contributed by atoms with Crippen molar-refractivity contribution in [3.63, 3.8) is 0 Å². The molecular formula is C8H9NO4. The molecule has 5 nitrogen and oxygen atoms in total. The number of aromatic carboxylic acids is 1. The Morgan fingerprint density at radius 1 is 1.77 bits per heavy atom. The third kappa shape index (κ3) is 1.22. The summed E-state index contributed by atoms with van der Waals surface area (Å²) < 4.78 is 10.2. The zero-order valence-corrected chi connectivity index (χ0v) is 7.03. The highest BCUT2D eigenvalue weighted by Crippen LogP contribution is 2.34. The van der Waals surface area contributed by atoms with Crippen molar-refractivity contribution in [3.05, 3.63) is 12.0 Å². The van der Waals surface area contributed by atoms with Gasteiger partial charge in [-0.1, -0.05) is 0 Å². The number of furan rings is 1. The fraction of sp³-hybridized carbons (Fsp3) is 0.375. The van der Waals surface area contributed by atoms with Crippen LogP contribution in [0.1, 0.15) is 17.5 Å². The normalized spacial score (nSPS) is 19.9. The molecule has 1 aliphatic heterocycles. The van der Waals surface area contributed by atoms with Crippen LogP contribution in [-0.2, 0) is 0 Å².